The lowest BCUT2D eigenvalue weighted by Crippen LogP contribution is -2.15. The number of phenolic OH excluding ortho intramolecular Hbond substituents is 1. The molecule has 0 amide bonds. The highest BCUT2D eigenvalue weighted by molar-refractivity contribution is 5.68. The predicted molar refractivity (Wildman–Crippen MR) is 52.0 cm³/mol. The molecule has 0 fully saturated rings. The maximum Gasteiger partial charge on any atom is 0.305 e. The summed E-state index contributed by atoms with van der Waals surface area (Å²) in [6.45, 7) is 1.48. The average Bonchev–Trinajstić information content (AvgIpc) is 2.12. The van der Waals surface area contributed by atoms with Crippen LogP contribution >= 0.6 is 0 Å². The lowest BCUT2D eigenvalue weighted by molar-refractivity contribution is -0.137. The van der Waals surface area contributed by atoms with Crippen molar-refractivity contribution in [3.8, 4) is 5.75 Å². The van der Waals surface area contributed by atoms with Crippen LogP contribution in [0.25, 0.3) is 0 Å². The van der Waals surface area contributed by atoms with Crippen molar-refractivity contribution in [2.24, 2.45) is 5.73 Å². The van der Waals surface area contributed by atoms with Crippen molar-refractivity contribution < 1.29 is 19.4 Å². The van der Waals surface area contributed by atoms with Gasteiger partial charge in [0.2, 0.25) is 0 Å². The third-order valence-electron chi connectivity index (χ3n) is 2.08. The number of hydrogen-bond donors (Lipinski definition) is 3. The molecule has 1 unspecified atom stereocenters. The molecule has 0 aliphatic rings. The normalized spacial score (nSPS) is 12.5. The van der Waals surface area contributed by atoms with Crippen LogP contribution in [-0.4, -0.2) is 16.2 Å². The van der Waals surface area contributed by atoms with Crippen LogP contribution in [0.1, 0.15) is 23.6 Å². The highest BCUT2D eigenvalue weighted by atomic mass is 19.1. The molecule has 4 nitrogen and oxygen atoms in total. The third kappa shape index (κ3) is 2.66. The van der Waals surface area contributed by atoms with Gasteiger partial charge in [0.05, 0.1) is 6.42 Å². The lowest BCUT2D eigenvalue weighted by Gasteiger charge is -2.11. The van der Waals surface area contributed by atoms with E-state index in [1.165, 1.54) is 13.0 Å². The monoisotopic (exact) mass is 213 g/mol. The van der Waals surface area contributed by atoms with Crippen LogP contribution in [0.4, 0.5) is 4.39 Å². The van der Waals surface area contributed by atoms with Crippen LogP contribution in [0, 0.1) is 12.7 Å². The van der Waals surface area contributed by atoms with Gasteiger partial charge >= 0.3 is 5.97 Å². The van der Waals surface area contributed by atoms with Crippen LogP contribution in [0.3, 0.4) is 0 Å². The molecule has 1 aromatic carbocycles. The van der Waals surface area contributed by atoms with Crippen molar-refractivity contribution >= 4 is 5.97 Å². The molecule has 0 saturated heterocycles. The summed E-state index contributed by atoms with van der Waals surface area (Å²) < 4.78 is 13.0. The van der Waals surface area contributed by atoms with Crippen molar-refractivity contribution in [1.82, 2.24) is 0 Å². The first-order valence-corrected chi connectivity index (χ1v) is 4.38. The van der Waals surface area contributed by atoms with Crippen LogP contribution < -0.4 is 5.73 Å². The highest BCUT2D eigenvalue weighted by Crippen LogP contribution is 2.25. The van der Waals surface area contributed by atoms with Crippen molar-refractivity contribution in [3.63, 3.8) is 0 Å². The van der Waals surface area contributed by atoms with E-state index in [1.54, 1.807) is 0 Å². The fraction of sp³-hybridized carbons (Fsp3) is 0.300. The van der Waals surface area contributed by atoms with E-state index in [9.17, 15) is 14.3 Å². The molecular weight excluding hydrogens is 201 g/mol. The Morgan fingerprint density at radius 2 is 2.20 bits per heavy atom. The van der Waals surface area contributed by atoms with Gasteiger partial charge in [-0.2, -0.15) is 0 Å². The van der Waals surface area contributed by atoms with Crippen LogP contribution in [0.15, 0.2) is 12.1 Å². The number of carbonyl (C=O) groups is 1. The summed E-state index contributed by atoms with van der Waals surface area (Å²) >= 11 is 0. The maximum absolute atomic E-state index is 13.0. The number of carboxylic acids is 1. The maximum atomic E-state index is 13.0. The Hall–Kier alpha value is -1.62. The summed E-state index contributed by atoms with van der Waals surface area (Å²) in [5, 5.41) is 17.7. The molecule has 0 radical (unpaired) electrons. The first kappa shape index (κ1) is 11.5. The van der Waals surface area contributed by atoms with Gasteiger partial charge in [0.15, 0.2) is 11.6 Å². The molecular formula is C10H12FNO3. The number of hydrogen-bond acceptors (Lipinski definition) is 3. The summed E-state index contributed by atoms with van der Waals surface area (Å²) in [5.41, 5.74) is 6.22. The van der Waals surface area contributed by atoms with Crippen LogP contribution in [-0.2, 0) is 4.79 Å². The number of aromatic hydroxyl groups is 1. The Labute approximate surface area is 86.1 Å². The van der Waals surface area contributed by atoms with Crippen molar-refractivity contribution in [3.05, 3.63) is 29.1 Å². The number of nitrogens with two attached hydrogens (primary N) is 1. The molecule has 4 N–H and O–H groups in total. The molecule has 5 heteroatoms. The Morgan fingerprint density at radius 3 is 2.67 bits per heavy atom. The average molecular weight is 213 g/mol. The van der Waals surface area contributed by atoms with Gasteiger partial charge in [-0.25, -0.2) is 4.39 Å². The van der Waals surface area contributed by atoms with Gasteiger partial charge in [0, 0.05) is 6.04 Å². The molecule has 82 valence electrons. The SMILES string of the molecule is Cc1cc(C(N)CC(=O)O)cc(O)c1F. The number of halogens is 1. The van der Waals surface area contributed by atoms with Crippen LogP contribution in [0.2, 0.25) is 0 Å². The number of aliphatic carboxylic acids is 1. The molecule has 15 heavy (non-hydrogen) atoms. The second-order valence-corrected chi connectivity index (χ2v) is 3.38. The second kappa shape index (κ2) is 4.27. The van der Waals surface area contributed by atoms with Crippen molar-refractivity contribution in [1.29, 1.82) is 0 Å². The molecule has 0 aliphatic heterocycles. The Kier molecular flexibility index (Phi) is 3.26. The molecule has 1 rings (SSSR count). The Morgan fingerprint density at radius 1 is 1.60 bits per heavy atom. The molecule has 0 aliphatic carbocycles. The molecule has 0 spiro atoms. The van der Waals surface area contributed by atoms with E-state index in [-0.39, 0.29) is 12.0 Å². The van der Waals surface area contributed by atoms with Crippen LogP contribution in [0.5, 0.6) is 5.75 Å². The van der Waals surface area contributed by atoms with Gasteiger partial charge in [0.25, 0.3) is 0 Å². The summed E-state index contributed by atoms with van der Waals surface area (Å²) in [7, 11) is 0. The molecule has 0 bridgehead atoms. The van der Waals surface area contributed by atoms with E-state index in [2.05, 4.69) is 0 Å². The topological polar surface area (TPSA) is 83.6 Å². The summed E-state index contributed by atoms with van der Waals surface area (Å²) in [5.74, 6) is -2.25. The van der Waals surface area contributed by atoms with E-state index in [4.69, 9.17) is 10.8 Å². The van der Waals surface area contributed by atoms with Gasteiger partial charge in [-0.3, -0.25) is 4.79 Å². The molecule has 0 aromatic heterocycles. The highest BCUT2D eigenvalue weighted by Gasteiger charge is 2.14. The summed E-state index contributed by atoms with van der Waals surface area (Å²) in [4.78, 5) is 10.4. The van der Waals surface area contributed by atoms with Gasteiger partial charge in [0.1, 0.15) is 0 Å². The number of aryl methyl sites for hydroxylation is 1. The lowest BCUT2D eigenvalue weighted by atomic mass is 10.0. The zero-order valence-electron chi connectivity index (χ0n) is 8.20. The van der Waals surface area contributed by atoms with Gasteiger partial charge in [-0.15, -0.1) is 0 Å². The molecule has 1 aromatic rings. The minimum atomic E-state index is -1.04. The Bertz CT molecular complexity index is 369. The number of carboxylic acid groups (broad SMARTS) is 1. The van der Waals surface area contributed by atoms with Gasteiger partial charge in [-0.05, 0) is 24.1 Å². The standard InChI is InChI=1S/C10H12FNO3/c1-5-2-6(3-8(13)10(5)11)7(12)4-9(14)15/h2-3,7,13H,4,12H2,1H3,(H,14,15). The zero-order valence-corrected chi connectivity index (χ0v) is 8.20. The van der Waals surface area contributed by atoms with E-state index >= 15 is 0 Å². The van der Waals surface area contributed by atoms with Crippen molar-refractivity contribution in [2.75, 3.05) is 0 Å². The molecule has 0 heterocycles. The first-order valence-electron chi connectivity index (χ1n) is 4.38. The number of benzene rings is 1. The zero-order chi connectivity index (χ0) is 11.6. The van der Waals surface area contributed by atoms with Crippen molar-refractivity contribution in [2.45, 2.75) is 19.4 Å². The molecule has 1 atom stereocenters. The second-order valence-electron chi connectivity index (χ2n) is 3.38. The van der Waals surface area contributed by atoms with E-state index in [0.29, 0.717) is 5.56 Å². The minimum Gasteiger partial charge on any atom is -0.505 e. The summed E-state index contributed by atoms with van der Waals surface area (Å²) in [6.07, 6.45) is -0.259. The summed E-state index contributed by atoms with van der Waals surface area (Å²) in [6, 6.07) is 1.84. The molecule has 0 saturated carbocycles. The van der Waals surface area contributed by atoms with E-state index in [1.807, 2.05) is 0 Å². The smallest absolute Gasteiger partial charge is 0.305 e. The van der Waals surface area contributed by atoms with Gasteiger partial charge < -0.3 is 15.9 Å². The fourth-order valence-corrected chi connectivity index (χ4v) is 1.30. The number of rotatable bonds is 3. The largest absolute Gasteiger partial charge is 0.505 e. The number of phenols is 1. The van der Waals surface area contributed by atoms with E-state index < -0.39 is 23.6 Å². The van der Waals surface area contributed by atoms with Gasteiger partial charge in [-0.1, -0.05) is 6.07 Å². The first-order chi connectivity index (χ1) is 6.91. The fourth-order valence-electron chi connectivity index (χ4n) is 1.30. The third-order valence-corrected chi connectivity index (χ3v) is 2.08. The Balaban J connectivity index is 3.00. The predicted octanol–water partition coefficient (Wildman–Crippen LogP) is 1.31. The van der Waals surface area contributed by atoms with E-state index in [0.717, 1.165) is 6.07 Å². The quantitative estimate of drug-likeness (QED) is 0.706. The minimum absolute atomic E-state index is 0.242.